The monoisotopic (exact) mass is 421 g/mol. The lowest BCUT2D eigenvalue weighted by atomic mass is 9.84. The molecule has 0 fully saturated rings. The Morgan fingerprint density at radius 1 is 1.19 bits per heavy atom. The highest BCUT2D eigenvalue weighted by atomic mass is 16.5. The second-order valence-electron chi connectivity index (χ2n) is 7.86. The van der Waals surface area contributed by atoms with E-state index >= 15 is 0 Å². The number of fused-ring (bicyclic) bond motifs is 5. The van der Waals surface area contributed by atoms with Crippen LogP contribution in [0.25, 0.3) is 22.3 Å². The van der Waals surface area contributed by atoms with Gasteiger partial charge in [0.1, 0.15) is 12.4 Å². The first-order valence-corrected chi connectivity index (χ1v) is 10.5. The van der Waals surface area contributed by atoms with Gasteiger partial charge in [0.15, 0.2) is 6.10 Å². The summed E-state index contributed by atoms with van der Waals surface area (Å²) >= 11 is 0. The van der Waals surface area contributed by atoms with Crippen molar-refractivity contribution < 1.29 is 19.7 Å². The molecular weight excluding hydrogens is 398 g/mol. The van der Waals surface area contributed by atoms with Crippen LogP contribution >= 0.6 is 0 Å². The van der Waals surface area contributed by atoms with Crippen molar-refractivity contribution in [2.75, 3.05) is 0 Å². The van der Waals surface area contributed by atoms with E-state index < -0.39 is 12.1 Å². The summed E-state index contributed by atoms with van der Waals surface area (Å²) in [6, 6.07) is 4.81. The molecule has 0 radical (unpaired) electrons. The zero-order chi connectivity index (χ0) is 22.0. The number of carbonyl (C=O) groups is 1. The van der Waals surface area contributed by atoms with Gasteiger partial charge >= 0.3 is 5.97 Å². The van der Waals surface area contributed by atoms with E-state index in [1.54, 1.807) is 22.8 Å². The summed E-state index contributed by atoms with van der Waals surface area (Å²) in [5.41, 5.74) is 11.3. The fourth-order valence-corrected chi connectivity index (χ4v) is 4.93. The second-order valence-corrected chi connectivity index (χ2v) is 7.86. The molecule has 4 heterocycles. The molecule has 0 saturated carbocycles. The summed E-state index contributed by atoms with van der Waals surface area (Å²) in [4.78, 5) is 29.6. The van der Waals surface area contributed by atoms with E-state index in [2.05, 4.69) is 0 Å². The lowest BCUT2D eigenvalue weighted by Crippen LogP contribution is -2.32. The van der Waals surface area contributed by atoms with Gasteiger partial charge in [-0.1, -0.05) is 13.8 Å². The van der Waals surface area contributed by atoms with Crippen LogP contribution in [0.15, 0.2) is 23.0 Å². The Balaban J connectivity index is 0.000000994. The van der Waals surface area contributed by atoms with Crippen molar-refractivity contribution in [3.63, 3.8) is 0 Å². The fraction of sp³-hybridized carbons (Fsp3) is 0.348. The average molecular weight is 421 g/mol. The maximum absolute atomic E-state index is 13.1. The maximum Gasteiger partial charge on any atom is 0.340 e. The van der Waals surface area contributed by atoms with E-state index in [4.69, 9.17) is 15.5 Å². The molecule has 3 aliphatic rings. The van der Waals surface area contributed by atoms with Crippen LogP contribution < -0.4 is 11.3 Å². The zero-order valence-electron chi connectivity index (χ0n) is 17.3. The maximum atomic E-state index is 13.1. The molecule has 3 aromatic rings. The highest BCUT2D eigenvalue weighted by Gasteiger charge is 2.36. The molecule has 6 rings (SSSR count). The number of cyclic esters (lactones) is 1. The number of hydrogen-bond donors (Lipinski definition) is 3. The van der Waals surface area contributed by atoms with E-state index in [0.717, 1.165) is 34.9 Å². The summed E-state index contributed by atoms with van der Waals surface area (Å²) < 4.78 is 6.53. The van der Waals surface area contributed by atoms with Crippen LogP contribution in [0.5, 0.6) is 5.75 Å². The summed E-state index contributed by atoms with van der Waals surface area (Å²) in [5.74, 6) is -0.626. The van der Waals surface area contributed by atoms with Crippen molar-refractivity contribution in [1.29, 1.82) is 0 Å². The van der Waals surface area contributed by atoms with Crippen molar-refractivity contribution in [2.45, 2.75) is 52.0 Å². The minimum Gasteiger partial charge on any atom is -0.508 e. The number of aliphatic hydroxyl groups excluding tert-OH is 1. The number of nitrogens with zero attached hydrogens (tertiary/aromatic N) is 2. The number of phenolic OH excluding ortho intramolecular Hbond substituents is 1. The number of aliphatic hydroxyl groups is 1. The second kappa shape index (κ2) is 6.90. The molecule has 0 amide bonds. The summed E-state index contributed by atoms with van der Waals surface area (Å²) in [5, 5.41) is 21.3. The lowest BCUT2D eigenvalue weighted by Gasteiger charge is -2.25. The smallest absolute Gasteiger partial charge is 0.340 e. The third kappa shape index (κ3) is 2.65. The fourth-order valence-electron chi connectivity index (χ4n) is 4.93. The molecule has 2 unspecified atom stereocenters. The van der Waals surface area contributed by atoms with Gasteiger partial charge in [-0.2, -0.15) is 0 Å². The first-order valence-electron chi connectivity index (χ1n) is 10.5. The molecule has 0 saturated heterocycles. The van der Waals surface area contributed by atoms with Gasteiger partial charge in [-0.05, 0) is 36.1 Å². The van der Waals surface area contributed by atoms with E-state index in [0.29, 0.717) is 23.4 Å². The van der Waals surface area contributed by atoms with Crippen molar-refractivity contribution >= 4 is 16.9 Å². The number of nitrogens with two attached hydrogens (primary N) is 1. The molecule has 2 aromatic heterocycles. The number of aromatic nitrogens is 2. The van der Waals surface area contributed by atoms with Gasteiger partial charge in [0.2, 0.25) is 0 Å². The number of aromatic hydroxyl groups is 1. The van der Waals surface area contributed by atoms with E-state index in [1.807, 2.05) is 13.8 Å². The number of hydrogen-bond acceptors (Lipinski definition) is 7. The zero-order valence-corrected chi connectivity index (χ0v) is 17.3. The number of pyridine rings is 2. The Bertz CT molecular complexity index is 1330. The highest BCUT2D eigenvalue weighted by Crippen LogP contribution is 2.44. The number of phenols is 1. The van der Waals surface area contributed by atoms with E-state index in [1.165, 1.54) is 0 Å². The quantitative estimate of drug-likeness (QED) is 0.371. The molecule has 31 heavy (non-hydrogen) atoms. The highest BCUT2D eigenvalue weighted by molar-refractivity contribution is 5.93. The third-order valence-electron chi connectivity index (χ3n) is 6.26. The predicted molar refractivity (Wildman–Crippen MR) is 114 cm³/mol. The number of ether oxygens (including phenoxy) is 1. The molecule has 8 nitrogen and oxygen atoms in total. The van der Waals surface area contributed by atoms with Gasteiger partial charge in [0.25, 0.3) is 5.56 Å². The van der Waals surface area contributed by atoms with Crippen LogP contribution in [0, 0.1) is 0 Å². The first kappa shape index (κ1) is 19.7. The normalized spacial score (nSPS) is 20.3. The summed E-state index contributed by atoms with van der Waals surface area (Å²) in [7, 11) is 0. The number of aryl methyl sites for hydroxylation is 1. The molecule has 0 spiro atoms. The average Bonchev–Trinajstić information content (AvgIpc) is 3.13. The van der Waals surface area contributed by atoms with Gasteiger partial charge in [0, 0.05) is 28.6 Å². The number of rotatable bonds is 0. The molecule has 1 aromatic carbocycles. The molecule has 4 N–H and O–H groups in total. The van der Waals surface area contributed by atoms with Crippen LogP contribution in [0.4, 0.5) is 0 Å². The lowest BCUT2D eigenvalue weighted by molar-refractivity contribution is -0.157. The standard InChI is InChI=1S/C21H17N3O5.C2H6/c22-13-2-1-8-3-9(25)4-14-16(8)17(13)11-6-24-15(18(11)23-14)5-10-12(20(24)27)7-29-21(28)19(10)26;1-2/h3-5,13,19,25-26H,1-2,6-7,22H2;1-2H3. The van der Waals surface area contributed by atoms with Gasteiger partial charge in [-0.15, -0.1) is 0 Å². The van der Waals surface area contributed by atoms with E-state index in [-0.39, 0.29) is 35.1 Å². The van der Waals surface area contributed by atoms with Gasteiger partial charge in [0.05, 0.1) is 29.0 Å². The third-order valence-corrected chi connectivity index (χ3v) is 6.26. The van der Waals surface area contributed by atoms with Crippen LogP contribution in [-0.4, -0.2) is 25.7 Å². The minimum atomic E-state index is -1.49. The van der Waals surface area contributed by atoms with Crippen LogP contribution in [-0.2, 0) is 29.1 Å². The van der Waals surface area contributed by atoms with Crippen molar-refractivity contribution in [3.05, 3.63) is 56.4 Å². The number of carbonyl (C=O) groups excluding carboxylic acids is 1. The largest absolute Gasteiger partial charge is 0.508 e. The SMILES string of the molecule is CC.NC1CCc2cc(O)cc3nc4c(c1c23)Cn1c-4cc2c(c1=O)COC(=O)C2O. The minimum absolute atomic E-state index is 0.139. The Hall–Kier alpha value is -3.23. The van der Waals surface area contributed by atoms with Crippen LogP contribution in [0.3, 0.4) is 0 Å². The molecule has 160 valence electrons. The van der Waals surface area contributed by atoms with Gasteiger partial charge in [-0.3, -0.25) is 4.79 Å². The Kier molecular flexibility index (Phi) is 4.39. The van der Waals surface area contributed by atoms with Crippen molar-refractivity contribution in [3.8, 4) is 17.1 Å². The Labute approximate surface area is 177 Å². The van der Waals surface area contributed by atoms with E-state index in [9.17, 15) is 19.8 Å². The van der Waals surface area contributed by atoms with Gasteiger partial charge < -0.3 is 25.3 Å². The Morgan fingerprint density at radius 2 is 1.97 bits per heavy atom. The molecule has 2 atom stereocenters. The molecule has 2 aliphatic heterocycles. The topological polar surface area (TPSA) is 128 Å². The predicted octanol–water partition coefficient (Wildman–Crippen LogP) is 2.19. The molecule has 8 heteroatoms. The Morgan fingerprint density at radius 3 is 2.74 bits per heavy atom. The van der Waals surface area contributed by atoms with Crippen molar-refractivity contribution in [2.24, 2.45) is 5.73 Å². The number of esters is 1. The molecule has 1 aliphatic carbocycles. The number of benzene rings is 1. The molecule has 0 bridgehead atoms. The first-order chi connectivity index (χ1) is 14.9. The van der Waals surface area contributed by atoms with Crippen LogP contribution in [0.1, 0.15) is 60.2 Å². The van der Waals surface area contributed by atoms with Gasteiger partial charge in [-0.25, -0.2) is 9.78 Å². The summed E-state index contributed by atoms with van der Waals surface area (Å²) in [6.07, 6.45) is 0.00934. The van der Waals surface area contributed by atoms with Crippen molar-refractivity contribution in [1.82, 2.24) is 9.55 Å². The summed E-state index contributed by atoms with van der Waals surface area (Å²) in [6.45, 7) is 4.17. The van der Waals surface area contributed by atoms with Crippen LogP contribution in [0.2, 0.25) is 0 Å². The molecular formula is C23H23N3O5.